The first-order valence-corrected chi connectivity index (χ1v) is 11.0. The first-order valence-electron chi connectivity index (χ1n) is 11.0. The molecule has 0 aliphatic heterocycles. The first kappa shape index (κ1) is 22.5. The Hall–Kier alpha value is -1.56. The average molecular weight is 353 g/mol. The van der Waals surface area contributed by atoms with Crippen LogP contribution >= 0.6 is 0 Å². The predicted octanol–water partition coefficient (Wildman–Crippen LogP) is 8.80. The van der Waals surface area contributed by atoms with E-state index >= 15 is 0 Å². The fraction of sp³-hybridized carbons (Fsp3) is 0.538. The van der Waals surface area contributed by atoms with Gasteiger partial charge in [0, 0.05) is 0 Å². The quantitative estimate of drug-likeness (QED) is 0.408. The summed E-state index contributed by atoms with van der Waals surface area (Å²) in [5.74, 6) is 0. The van der Waals surface area contributed by atoms with Crippen molar-refractivity contribution in [2.24, 2.45) is 0 Å². The van der Waals surface area contributed by atoms with E-state index in [1.165, 1.54) is 89.9 Å². The van der Waals surface area contributed by atoms with Gasteiger partial charge >= 0.3 is 0 Å². The van der Waals surface area contributed by atoms with Gasteiger partial charge in [-0.25, -0.2) is 0 Å². The zero-order valence-electron chi connectivity index (χ0n) is 16.8. The molecule has 0 atom stereocenters. The van der Waals surface area contributed by atoms with Crippen LogP contribution in [0.5, 0.6) is 0 Å². The Labute approximate surface area is 163 Å². The topological polar surface area (TPSA) is 0 Å². The molecule has 0 nitrogen and oxygen atoms in total. The molecule has 0 heterocycles. The Morgan fingerprint density at radius 1 is 0.231 bits per heavy atom. The lowest BCUT2D eigenvalue weighted by molar-refractivity contribution is 0.542. The van der Waals surface area contributed by atoms with Crippen molar-refractivity contribution < 1.29 is 0 Å². The summed E-state index contributed by atoms with van der Waals surface area (Å²) < 4.78 is 0. The molecule has 1 aliphatic carbocycles. The standard InChI is InChI=1S/C26H40/c1-2-4-6-8-10-12-14-16-18-20-22-24-26-25-23-21-19-17-15-13-11-9-7-5-3-1/h1-12H,13-26H2/b3-1-,4-2+,7-5+,8-6+,11-9?,12-10+. The van der Waals surface area contributed by atoms with Crippen molar-refractivity contribution in [1.29, 1.82) is 0 Å². The molecule has 0 bridgehead atoms. The van der Waals surface area contributed by atoms with Crippen LogP contribution in [0.2, 0.25) is 0 Å². The van der Waals surface area contributed by atoms with Gasteiger partial charge in [0.15, 0.2) is 0 Å². The molecule has 0 heteroatoms. The minimum atomic E-state index is 1.21. The highest BCUT2D eigenvalue weighted by molar-refractivity contribution is 5.19. The molecule has 0 aromatic rings. The van der Waals surface area contributed by atoms with E-state index in [2.05, 4.69) is 72.9 Å². The number of allylic oxidation sites excluding steroid dienone is 12. The molecule has 0 unspecified atom stereocenters. The van der Waals surface area contributed by atoms with Crippen molar-refractivity contribution in [3.63, 3.8) is 0 Å². The van der Waals surface area contributed by atoms with Crippen molar-refractivity contribution in [3.05, 3.63) is 72.9 Å². The maximum absolute atomic E-state index is 2.29. The number of hydrogen-bond donors (Lipinski definition) is 0. The zero-order chi connectivity index (χ0) is 18.4. The van der Waals surface area contributed by atoms with Gasteiger partial charge in [0.05, 0.1) is 0 Å². The van der Waals surface area contributed by atoms with Crippen molar-refractivity contribution in [2.75, 3.05) is 0 Å². The van der Waals surface area contributed by atoms with Gasteiger partial charge in [-0.2, -0.15) is 0 Å². The molecule has 0 N–H and O–H groups in total. The first-order chi connectivity index (χ1) is 13.0. The molecular formula is C26H40. The van der Waals surface area contributed by atoms with Crippen LogP contribution in [-0.2, 0) is 0 Å². The van der Waals surface area contributed by atoms with Crippen LogP contribution in [0.15, 0.2) is 72.9 Å². The summed E-state index contributed by atoms with van der Waals surface area (Å²) in [5.41, 5.74) is 0. The molecule has 0 amide bonds. The molecule has 1 rings (SSSR count). The van der Waals surface area contributed by atoms with E-state index in [1.54, 1.807) is 0 Å². The highest BCUT2D eigenvalue weighted by Crippen LogP contribution is 2.13. The molecule has 26 heavy (non-hydrogen) atoms. The van der Waals surface area contributed by atoms with Gasteiger partial charge < -0.3 is 0 Å². The van der Waals surface area contributed by atoms with Gasteiger partial charge in [-0.3, -0.25) is 0 Å². The van der Waals surface area contributed by atoms with Crippen LogP contribution in [0.25, 0.3) is 0 Å². The fourth-order valence-corrected chi connectivity index (χ4v) is 3.15. The van der Waals surface area contributed by atoms with Gasteiger partial charge in [-0.15, -0.1) is 0 Å². The molecular weight excluding hydrogens is 312 g/mol. The third kappa shape index (κ3) is 17.3. The fourth-order valence-electron chi connectivity index (χ4n) is 3.15. The second-order valence-electron chi connectivity index (χ2n) is 7.22. The van der Waals surface area contributed by atoms with Crippen LogP contribution in [0, 0.1) is 0 Å². The monoisotopic (exact) mass is 352 g/mol. The lowest BCUT2D eigenvalue weighted by Gasteiger charge is -2.02. The van der Waals surface area contributed by atoms with E-state index in [4.69, 9.17) is 0 Å². The normalized spacial score (nSPS) is 26.5. The van der Waals surface area contributed by atoms with Gasteiger partial charge in [0.1, 0.15) is 0 Å². The van der Waals surface area contributed by atoms with E-state index in [0.717, 1.165) is 0 Å². The molecule has 0 saturated carbocycles. The summed E-state index contributed by atoms with van der Waals surface area (Å²) in [6.07, 6.45) is 45.0. The predicted molar refractivity (Wildman–Crippen MR) is 119 cm³/mol. The largest absolute Gasteiger partial charge is 0.0845 e. The molecule has 0 fully saturated rings. The van der Waals surface area contributed by atoms with Crippen molar-refractivity contribution >= 4 is 0 Å². The van der Waals surface area contributed by atoms with Crippen LogP contribution in [0.3, 0.4) is 0 Å². The Kier molecular flexibility index (Phi) is 17.1. The molecule has 1 aliphatic rings. The van der Waals surface area contributed by atoms with Crippen LogP contribution in [-0.4, -0.2) is 0 Å². The molecule has 0 radical (unpaired) electrons. The van der Waals surface area contributed by atoms with E-state index in [1.807, 2.05) is 0 Å². The maximum Gasteiger partial charge on any atom is -0.0348 e. The summed E-state index contributed by atoms with van der Waals surface area (Å²) in [7, 11) is 0. The van der Waals surface area contributed by atoms with Crippen molar-refractivity contribution in [1.82, 2.24) is 0 Å². The lowest BCUT2D eigenvalue weighted by Crippen LogP contribution is -1.82. The van der Waals surface area contributed by atoms with Crippen LogP contribution in [0.1, 0.15) is 89.9 Å². The highest BCUT2D eigenvalue weighted by Gasteiger charge is 1.93. The smallest absolute Gasteiger partial charge is 0.0348 e. The lowest BCUT2D eigenvalue weighted by atomic mass is 10.0. The molecule has 144 valence electrons. The summed E-state index contributed by atoms with van der Waals surface area (Å²) in [6, 6.07) is 0. The zero-order valence-corrected chi connectivity index (χ0v) is 16.8. The summed E-state index contributed by atoms with van der Waals surface area (Å²) in [6.45, 7) is 0. The Bertz CT molecular complexity index is 412. The molecule has 0 aromatic carbocycles. The third-order valence-corrected chi connectivity index (χ3v) is 4.76. The van der Waals surface area contributed by atoms with Gasteiger partial charge in [0.25, 0.3) is 0 Å². The minimum Gasteiger partial charge on any atom is -0.0845 e. The Morgan fingerprint density at radius 3 is 0.769 bits per heavy atom. The van der Waals surface area contributed by atoms with E-state index < -0.39 is 0 Å². The second-order valence-corrected chi connectivity index (χ2v) is 7.22. The SMILES string of the molecule is C1=CCCCCCCCCCCCCCC/C=C/C=C/C=C/C=C\C=C\1. The maximum atomic E-state index is 2.29. The van der Waals surface area contributed by atoms with E-state index in [0.29, 0.717) is 0 Å². The Balaban J connectivity index is 2.28. The summed E-state index contributed by atoms with van der Waals surface area (Å²) in [4.78, 5) is 0. The minimum absolute atomic E-state index is 1.21. The average Bonchev–Trinajstić information content (AvgIpc) is 2.65. The van der Waals surface area contributed by atoms with Crippen LogP contribution < -0.4 is 0 Å². The number of hydrogen-bond acceptors (Lipinski definition) is 0. The molecule has 0 spiro atoms. The van der Waals surface area contributed by atoms with Gasteiger partial charge in [-0.1, -0.05) is 137 Å². The summed E-state index contributed by atoms with van der Waals surface area (Å²) in [5, 5.41) is 0. The van der Waals surface area contributed by atoms with Gasteiger partial charge in [-0.05, 0) is 25.7 Å². The second kappa shape index (κ2) is 19.8. The molecule has 0 aromatic heterocycles. The van der Waals surface area contributed by atoms with Gasteiger partial charge in [0.2, 0.25) is 0 Å². The molecule has 0 saturated heterocycles. The van der Waals surface area contributed by atoms with E-state index in [9.17, 15) is 0 Å². The Morgan fingerprint density at radius 2 is 0.462 bits per heavy atom. The van der Waals surface area contributed by atoms with Crippen molar-refractivity contribution in [3.8, 4) is 0 Å². The number of rotatable bonds is 0. The van der Waals surface area contributed by atoms with Crippen molar-refractivity contribution in [2.45, 2.75) is 89.9 Å². The third-order valence-electron chi connectivity index (χ3n) is 4.76. The summed E-state index contributed by atoms with van der Waals surface area (Å²) >= 11 is 0. The van der Waals surface area contributed by atoms with E-state index in [-0.39, 0.29) is 0 Å². The highest BCUT2D eigenvalue weighted by atomic mass is 14.0. The van der Waals surface area contributed by atoms with Crippen LogP contribution in [0.4, 0.5) is 0 Å².